The lowest BCUT2D eigenvalue weighted by Gasteiger charge is -2.14. The molecule has 3 rings (SSSR count). The van der Waals surface area contributed by atoms with Gasteiger partial charge < -0.3 is 14.1 Å². The van der Waals surface area contributed by atoms with Gasteiger partial charge in [0.1, 0.15) is 6.10 Å². The van der Waals surface area contributed by atoms with Gasteiger partial charge in [-0.1, -0.05) is 11.3 Å². The summed E-state index contributed by atoms with van der Waals surface area (Å²) >= 11 is 4.65. The van der Waals surface area contributed by atoms with Gasteiger partial charge in [0.15, 0.2) is 10.4 Å². The zero-order chi connectivity index (χ0) is 13.2. The highest BCUT2D eigenvalue weighted by molar-refractivity contribution is 9.10. The molecule has 1 aliphatic heterocycles. The van der Waals surface area contributed by atoms with Crippen LogP contribution in [-0.2, 0) is 0 Å². The predicted octanol–water partition coefficient (Wildman–Crippen LogP) is 2.79. The topological polar surface area (TPSA) is 55.6 Å². The Morgan fingerprint density at radius 3 is 3.16 bits per heavy atom. The fraction of sp³-hybridized carbons (Fsp3) is 0.333. The van der Waals surface area contributed by atoms with Crippen LogP contribution in [0.1, 0.15) is 17.0 Å². The zero-order valence-electron chi connectivity index (χ0n) is 9.91. The van der Waals surface area contributed by atoms with Crippen molar-refractivity contribution in [3.05, 3.63) is 34.1 Å². The smallest absolute Gasteiger partial charge is 0.289 e. The SMILES string of the molecule is O=C(c1ccc(Br)o1)N1CCC(Oc2nccs2)C1. The van der Waals surface area contributed by atoms with Crippen molar-refractivity contribution in [1.29, 1.82) is 0 Å². The van der Waals surface area contributed by atoms with Crippen molar-refractivity contribution in [1.82, 2.24) is 9.88 Å². The minimum absolute atomic E-state index is 0.00787. The number of hydrogen-bond acceptors (Lipinski definition) is 5. The van der Waals surface area contributed by atoms with E-state index in [1.165, 1.54) is 11.3 Å². The number of halogens is 1. The fourth-order valence-corrected chi connectivity index (χ4v) is 2.86. The molecule has 2 aromatic heterocycles. The molecule has 1 unspecified atom stereocenters. The Balaban J connectivity index is 1.61. The Bertz CT molecular complexity index is 569. The van der Waals surface area contributed by atoms with Crippen molar-refractivity contribution in [2.45, 2.75) is 12.5 Å². The maximum absolute atomic E-state index is 12.2. The Hall–Kier alpha value is -1.34. The molecule has 1 aliphatic rings. The monoisotopic (exact) mass is 342 g/mol. The standard InChI is InChI=1S/C12H11BrN2O3S/c13-10-2-1-9(18-10)11(16)15-5-3-8(7-15)17-12-14-4-6-19-12/h1-2,4,6,8H,3,5,7H2. The molecule has 100 valence electrons. The lowest BCUT2D eigenvalue weighted by Crippen LogP contribution is -2.30. The summed E-state index contributed by atoms with van der Waals surface area (Å²) in [5, 5.41) is 2.52. The molecule has 19 heavy (non-hydrogen) atoms. The van der Waals surface area contributed by atoms with Crippen LogP contribution in [0.25, 0.3) is 0 Å². The average Bonchev–Trinajstić information content (AvgIpc) is 3.10. The molecule has 0 spiro atoms. The van der Waals surface area contributed by atoms with Crippen molar-refractivity contribution in [2.75, 3.05) is 13.1 Å². The van der Waals surface area contributed by atoms with Gasteiger partial charge in [-0.25, -0.2) is 4.98 Å². The molecule has 5 nitrogen and oxygen atoms in total. The predicted molar refractivity (Wildman–Crippen MR) is 73.5 cm³/mol. The highest BCUT2D eigenvalue weighted by Crippen LogP contribution is 2.22. The van der Waals surface area contributed by atoms with E-state index >= 15 is 0 Å². The van der Waals surface area contributed by atoms with Crippen LogP contribution in [0.5, 0.6) is 5.19 Å². The molecule has 3 heterocycles. The molecule has 7 heteroatoms. The number of aromatic nitrogens is 1. The maximum atomic E-state index is 12.2. The number of hydrogen-bond donors (Lipinski definition) is 0. The van der Waals surface area contributed by atoms with Crippen LogP contribution in [0.4, 0.5) is 0 Å². The highest BCUT2D eigenvalue weighted by atomic mass is 79.9. The number of ether oxygens (including phenoxy) is 1. The van der Waals surface area contributed by atoms with Gasteiger partial charge in [-0.05, 0) is 28.1 Å². The van der Waals surface area contributed by atoms with Crippen LogP contribution in [-0.4, -0.2) is 35.0 Å². The third kappa shape index (κ3) is 2.82. The van der Waals surface area contributed by atoms with Gasteiger partial charge in [-0.3, -0.25) is 4.79 Å². The van der Waals surface area contributed by atoms with Crippen molar-refractivity contribution in [3.8, 4) is 5.19 Å². The number of rotatable bonds is 3. The maximum Gasteiger partial charge on any atom is 0.289 e. The van der Waals surface area contributed by atoms with Crippen LogP contribution in [0.15, 0.2) is 32.8 Å². The van der Waals surface area contributed by atoms with Gasteiger partial charge in [0.25, 0.3) is 11.1 Å². The van der Waals surface area contributed by atoms with Crippen molar-refractivity contribution in [2.24, 2.45) is 0 Å². The van der Waals surface area contributed by atoms with E-state index in [1.54, 1.807) is 23.2 Å². The molecule has 0 aromatic carbocycles. The van der Waals surface area contributed by atoms with Crippen LogP contribution in [0.3, 0.4) is 0 Å². The third-order valence-electron chi connectivity index (χ3n) is 2.89. The summed E-state index contributed by atoms with van der Waals surface area (Å²) in [6.07, 6.45) is 2.53. The number of likely N-dealkylation sites (tertiary alicyclic amines) is 1. The lowest BCUT2D eigenvalue weighted by atomic mass is 10.3. The van der Waals surface area contributed by atoms with Gasteiger partial charge in [-0.15, -0.1) is 0 Å². The van der Waals surface area contributed by atoms with E-state index in [2.05, 4.69) is 20.9 Å². The molecular formula is C12H11BrN2O3S. The highest BCUT2D eigenvalue weighted by Gasteiger charge is 2.30. The van der Waals surface area contributed by atoms with E-state index in [1.807, 2.05) is 5.38 Å². The number of carbonyl (C=O) groups excluding carboxylic acids is 1. The summed E-state index contributed by atoms with van der Waals surface area (Å²) in [6.45, 7) is 1.24. The second-order valence-corrected chi connectivity index (χ2v) is 5.82. The van der Waals surface area contributed by atoms with Crippen LogP contribution < -0.4 is 4.74 Å². The van der Waals surface area contributed by atoms with Gasteiger partial charge in [0.2, 0.25) is 0 Å². The summed E-state index contributed by atoms with van der Waals surface area (Å²) in [7, 11) is 0. The van der Waals surface area contributed by atoms with E-state index < -0.39 is 0 Å². The Labute approximate surface area is 122 Å². The van der Waals surface area contributed by atoms with E-state index in [0.29, 0.717) is 28.7 Å². The first-order chi connectivity index (χ1) is 9.22. The van der Waals surface area contributed by atoms with E-state index in [9.17, 15) is 4.79 Å². The van der Waals surface area contributed by atoms with Crippen LogP contribution in [0.2, 0.25) is 0 Å². The molecule has 1 fully saturated rings. The van der Waals surface area contributed by atoms with Gasteiger partial charge in [-0.2, -0.15) is 0 Å². The van der Waals surface area contributed by atoms with Crippen molar-refractivity contribution < 1.29 is 13.9 Å². The first-order valence-corrected chi connectivity index (χ1v) is 7.50. The van der Waals surface area contributed by atoms with Gasteiger partial charge in [0.05, 0.1) is 6.54 Å². The number of thiazole rings is 1. The van der Waals surface area contributed by atoms with Gasteiger partial charge >= 0.3 is 0 Å². The fourth-order valence-electron chi connectivity index (χ4n) is 2.01. The first-order valence-electron chi connectivity index (χ1n) is 5.83. The summed E-state index contributed by atoms with van der Waals surface area (Å²) in [4.78, 5) is 18.0. The number of carbonyl (C=O) groups is 1. The van der Waals surface area contributed by atoms with E-state index in [0.717, 1.165) is 6.42 Å². The van der Waals surface area contributed by atoms with Crippen molar-refractivity contribution >= 4 is 33.2 Å². The quantitative estimate of drug-likeness (QED) is 0.860. The van der Waals surface area contributed by atoms with Crippen LogP contribution >= 0.6 is 27.3 Å². The lowest BCUT2D eigenvalue weighted by molar-refractivity contribution is 0.0739. The minimum Gasteiger partial charge on any atom is -0.465 e. The van der Waals surface area contributed by atoms with E-state index in [-0.39, 0.29) is 12.0 Å². The molecule has 0 N–H and O–H groups in total. The van der Waals surface area contributed by atoms with Gasteiger partial charge in [0, 0.05) is 24.5 Å². The molecule has 2 aromatic rings. The largest absolute Gasteiger partial charge is 0.465 e. The molecule has 0 saturated carbocycles. The Morgan fingerprint density at radius 2 is 2.47 bits per heavy atom. The number of nitrogens with zero attached hydrogens (tertiary/aromatic N) is 2. The zero-order valence-corrected chi connectivity index (χ0v) is 12.3. The van der Waals surface area contributed by atoms with E-state index in [4.69, 9.17) is 9.15 Å². The summed E-state index contributed by atoms with van der Waals surface area (Å²) in [6, 6.07) is 3.38. The normalized spacial score (nSPS) is 18.8. The molecule has 1 amide bonds. The molecule has 1 saturated heterocycles. The Kier molecular flexibility index (Phi) is 3.56. The third-order valence-corrected chi connectivity index (χ3v) is 3.98. The molecular weight excluding hydrogens is 332 g/mol. The Morgan fingerprint density at radius 1 is 1.58 bits per heavy atom. The average molecular weight is 343 g/mol. The molecule has 0 radical (unpaired) electrons. The van der Waals surface area contributed by atoms with Crippen molar-refractivity contribution in [3.63, 3.8) is 0 Å². The first kappa shape index (κ1) is 12.7. The summed E-state index contributed by atoms with van der Waals surface area (Å²) < 4.78 is 11.5. The number of furan rings is 1. The molecule has 0 aliphatic carbocycles. The summed E-state index contributed by atoms with van der Waals surface area (Å²) in [5.41, 5.74) is 0. The molecule has 0 bridgehead atoms. The second-order valence-electron chi connectivity index (χ2n) is 4.18. The minimum atomic E-state index is -0.101. The summed E-state index contributed by atoms with van der Waals surface area (Å²) in [5.74, 6) is 0.248. The van der Waals surface area contributed by atoms with Crippen LogP contribution in [0, 0.1) is 0 Å². The molecule has 1 atom stereocenters. The second kappa shape index (κ2) is 5.34. The number of amides is 1.